The summed E-state index contributed by atoms with van der Waals surface area (Å²) < 4.78 is 22.9. The zero-order valence-corrected chi connectivity index (χ0v) is 19.6. The van der Waals surface area contributed by atoms with E-state index in [4.69, 9.17) is 13.9 Å². The SMILES string of the molecule is CCOC(=O)C1=C(C)N=c2s/c(=C/c3ccco3)c(=O)n2C1c1ccccc1OCC(=O)OC. The van der Waals surface area contributed by atoms with Crippen molar-refractivity contribution in [1.29, 1.82) is 0 Å². The molecule has 3 aromatic rings. The van der Waals surface area contributed by atoms with Gasteiger partial charge in [-0.15, -0.1) is 0 Å². The minimum Gasteiger partial charge on any atom is -0.482 e. The number of allylic oxidation sites excluding steroid dienone is 1. The summed E-state index contributed by atoms with van der Waals surface area (Å²) in [5.41, 5.74) is 0.807. The molecule has 0 N–H and O–H groups in total. The third-order valence-corrected chi connectivity index (χ3v) is 6.10. The van der Waals surface area contributed by atoms with E-state index in [-0.39, 0.29) is 24.3 Å². The van der Waals surface area contributed by atoms with Crippen LogP contribution >= 0.6 is 11.3 Å². The smallest absolute Gasteiger partial charge is 0.343 e. The average molecular weight is 483 g/mol. The van der Waals surface area contributed by atoms with Gasteiger partial charge in [-0.1, -0.05) is 29.5 Å². The Balaban J connectivity index is 1.93. The summed E-state index contributed by atoms with van der Waals surface area (Å²) >= 11 is 1.18. The predicted octanol–water partition coefficient (Wildman–Crippen LogP) is 1.94. The number of aromatic nitrogens is 1. The maximum Gasteiger partial charge on any atom is 0.343 e. The van der Waals surface area contributed by atoms with Crippen molar-refractivity contribution in [2.45, 2.75) is 19.9 Å². The molecule has 1 aliphatic heterocycles. The van der Waals surface area contributed by atoms with Gasteiger partial charge in [0.2, 0.25) is 0 Å². The number of ether oxygens (including phenoxy) is 3. The second-order valence-electron chi connectivity index (χ2n) is 7.22. The fourth-order valence-corrected chi connectivity index (χ4v) is 4.65. The van der Waals surface area contributed by atoms with Crippen LogP contribution in [-0.2, 0) is 19.1 Å². The molecule has 10 heteroatoms. The Morgan fingerprint density at radius 2 is 2.03 bits per heavy atom. The van der Waals surface area contributed by atoms with Gasteiger partial charge >= 0.3 is 11.9 Å². The first-order valence-corrected chi connectivity index (χ1v) is 11.3. The van der Waals surface area contributed by atoms with Crippen molar-refractivity contribution in [2.75, 3.05) is 20.3 Å². The van der Waals surface area contributed by atoms with Gasteiger partial charge in [0.15, 0.2) is 11.4 Å². The van der Waals surface area contributed by atoms with Crippen LogP contribution in [0.3, 0.4) is 0 Å². The van der Waals surface area contributed by atoms with Crippen molar-refractivity contribution in [3.8, 4) is 5.75 Å². The lowest BCUT2D eigenvalue weighted by Crippen LogP contribution is -2.40. The Morgan fingerprint density at radius 1 is 1.24 bits per heavy atom. The molecule has 1 unspecified atom stereocenters. The van der Waals surface area contributed by atoms with Crippen LogP contribution in [0.5, 0.6) is 5.75 Å². The van der Waals surface area contributed by atoms with E-state index in [0.29, 0.717) is 32.1 Å². The predicted molar refractivity (Wildman–Crippen MR) is 123 cm³/mol. The van der Waals surface area contributed by atoms with Crippen molar-refractivity contribution in [3.63, 3.8) is 0 Å². The molecule has 3 heterocycles. The summed E-state index contributed by atoms with van der Waals surface area (Å²) in [5.74, 6) is -0.300. The van der Waals surface area contributed by atoms with E-state index in [1.807, 2.05) is 0 Å². The maximum atomic E-state index is 13.5. The molecule has 1 aliphatic rings. The first kappa shape index (κ1) is 23.2. The molecule has 9 nitrogen and oxygen atoms in total. The Labute approximate surface area is 198 Å². The molecule has 0 aliphatic carbocycles. The van der Waals surface area contributed by atoms with Crippen LogP contribution in [-0.4, -0.2) is 36.8 Å². The van der Waals surface area contributed by atoms with E-state index in [0.717, 1.165) is 0 Å². The van der Waals surface area contributed by atoms with Crippen molar-refractivity contribution in [2.24, 2.45) is 4.99 Å². The summed E-state index contributed by atoms with van der Waals surface area (Å²) in [4.78, 5) is 43.2. The van der Waals surface area contributed by atoms with Crippen LogP contribution in [0.1, 0.15) is 31.2 Å². The van der Waals surface area contributed by atoms with Gasteiger partial charge in [-0.25, -0.2) is 14.6 Å². The fourth-order valence-electron chi connectivity index (χ4n) is 3.62. The molecule has 0 amide bonds. The van der Waals surface area contributed by atoms with Gasteiger partial charge in [0, 0.05) is 11.6 Å². The van der Waals surface area contributed by atoms with Gasteiger partial charge in [0.25, 0.3) is 5.56 Å². The molecule has 0 spiro atoms. The topological polar surface area (TPSA) is 109 Å². The molecule has 0 radical (unpaired) electrons. The lowest BCUT2D eigenvalue weighted by Gasteiger charge is -2.26. The van der Waals surface area contributed by atoms with Gasteiger partial charge in [-0.3, -0.25) is 9.36 Å². The van der Waals surface area contributed by atoms with Crippen LogP contribution in [0.4, 0.5) is 0 Å². The Morgan fingerprint density at radius 3 is 2.74 bits per heavy atom. The zero-order chi connectivity index (χ0) is 24.2. The average Bonchev–Trinajstić information content (AvgIpc) is 3.45. The van der Waals surface area contributed by atoms with Gasteiger partial charge < -0.3 is 18.6 Å². The first-order valence-electron chi connectivity index (χ1n) is 10.5. The number of carbonyl (C=O) groups excluding carboxylic acids is 2. The number of rotatable bonds is 7. The number of nitrogens with zero attached hydrogens (tertiary/aromatic N) is 2. The largest absolute Gasteiger partial charge is 0.482 e. The monoisotopic (exact) mass is 482 g/mol. The summed E-state index contributed by atoms with van der Waals surface area (Å²) in [5, 5.41) is 0. The van der Waals surface area contributed by atoms with Gasteiger partial charge in [-0.05, 0) is 32.0 Å². The molecule has 1 aromatic carbocycles. The normalized spacial score (nSPS) is 15.5. The number of para-hydroxylation sites is 1. The highest BCUT2D eigenvalue weighted by Gasteiger charge is 2.35. The van der Waals surface area contributed by atoms with E-state index >= 15 is 0 Å². The highest BCUT2D eigenvalue weighted by atomic mass is 32.1. The quantitative estimate of drug-likeness (QED) is 0.474. The molecular formula is C24H22N2O7S. The number of benzene rings is 1. The highest BCUT2D eigenvalue weighted by Crippen LogP contribution is 2.35. The summed E-state index contributed by atoms with van der Waals surface area (Å²) in [6.45, 7) is 3.23. The van der Waals surface area contributed by atoms with Crippen molar-refractivity contribution in [1.82, 2.24) is 4.57 Å². The van der Waals surface area contributed by atoms with E-state index in [2.05, 4.69) is 9.73 Å². The molecule has 0 saturated carbocycles. The van der Waals surface area contributed by atoms with Crippen LogP contribution in [0.15, 0.2) is 68.1 Å². The first-order chi connectivity index (χ1) is 16.4. The molecular weight excluding hydrogens is 460 g/mol. The van der Waals surface area contributed by atoms with E-state index in [1.165, 1.54) is 29.3 Å². The number of furan rings is 1. The standard InChI is InChI=1S/C24H22N2O7S/c1-4-31-23(29)20-14(2)25-24-26(22(28)18(34-24)12-15-8-7-11-32-15)21(20)16-9-5-6-10-17(16)33-13-19(27)30-3/h5-12,21H,4,13H2,1-3H3/b18-12+. The third-order valence-electron chi connectivity index (χ3n) is 5.12. The molecule has 34 heavy (non-hydrogen) atoms. The van der Waals surface area contributed by atoms with Crippen LogP contribution in [0.25, 0.3) is 6.08 Å². The summed E-state index contributed by atoms with van der Waals surface area (Å²) in [6, 6.07) is 9.48. The van der Waals surface area contributed by atoms with Gasteiger partial charge in [0.1, 0.15) is 17.6 Å². The number of fused-ring (bicyclic) bond motifs is 1. The molecule has 4 rings (SSSR count). The fraction of sp³-hybridized carbons (Fsp3) is 0.250. The third kappa shape index (κ3) is 4.44. The minimum absolute atomic E-state index is 0.158. The Kier molecular flexibility index (Phi) is 6.78. The van der Waals surface area contributed by atoms with Crippen LogP contribution < -0.4 is 19.6 Å². The number of hydrogen-bond acceptors (Lipinski definition) is 9. The number of hydrogen-bond donors (Lipinski definition) is 0. The lowest BCUT2D eigenvalue weighted by molar-refractivity contribution is -0.143. The minimum atomic E-state index is -0.872. The second-order valence-corrected chi connectivity index (χ2v) is 8.23. The summed E-state index contributed by atoms with van der Waals surface area (Å²) in [7, 11) is 1.26. The molecule has 0 saturated heterocycles. The van der Waals surface area contributed by atoms with Crippen LogP contribution in [0, 0.1) is 0 Å². The lowest BCUT2D eigenvalue weighted by atomic mass is 9.95. The Hall–Kier alpha value is -3.92. The second kappa shape index (κ2) is 9.92. The molecule has 176 valence electrons. The molecule has 0 bridgehead atoms. The van der Waals surface area contributed by atoms with E-state index in [1.54, 1.807) is 56.3 Å². The van der Waals surface area contributed by atoms with Crippen molar-refractivity contribution >= 4 is 29.4 Å². The number of esters is 2. The maximum absolute atomic E-state index is 13.5. The number of thiazole rings is 1. The molecule has 2 aromatic heterocycles. The zero-order valence-electron chi connectivity index (χ0n) is 18.8. The number of carbonyl (C=O) groups is 2. The summed E-state index contributed by atoms with van der Waals surface area (Å²) in [6.07, 6.45) is 3.15. The molecule has 0 fully saturated rings. The molecule has 1 atom stereocenters. The highest BCUT2D eigenvalue weighted by molar-refractivity contribution is 7.07. The van der Waals surface area contributed by atoms with Crippen molar-refractivity contribution in [3.05, 3.63) is 84.9 Å². The number of methoxy groups -OCH3 is 1. The van der Waals surface area contributed by atoms with Crippen molar-refractivity contribution < 1.29 is 28.2 Å². The van der Waals surface area contributed by atoms with Gasteiger partial charge in [-0.2, -0.15) is 0 Å². The van der Waals surface area contributed by atoms with E-state index in [9.17, 15) is 14.4 Å². The Bertz CT molecular complexity index is 1430. The van der Waals surface area contributed by atoms with Crippen LogP contribution in [0.2, 0.25) is 0 Å². The van der Waals surface area contributed by atoms with E-state index < -0.39 is 18.0 Å². The van der Waals surface area contributed by atoms with Gasteiger partial charge in [0.05, 0.1) is 35.8 Å².